The average molecular weight is 274 g/mol. The van der Waals surface area contributed by atoms with E-state index in [0.29, 0.717) is 22.7 Å². The summed E-state index contributed by atoms with van der Waals surface area (Å²) in [6, 6.07) is -0.0991. The minimum absolute atomic E-state index is 0.0420. The molecule has 7 heteroatoms. The topological polar surface area (TPSA) is 76.1 Å². The second-order valence-corrected chi connectivity index (χ2v) is 7.27. The third-order valence-electron chi connectivity index (χ3n) is 2.78. The van der Waals surface area contributed by atoms with Crippen LogP contribution in [0, 0.1) is 6.92 Å². The lowest BCUT2D eigenvalue weighted by Gasteiger charge is -2.10. The van der Waals surface area contributed by atoms with Crippen LogP contribution in [0.25, 0.3) is 0 Å². The first-order valence-corrected chi connectivity index (χ1v) is 7.93. The lowest BCUT2D eigenvalue weighted by Crippen LogP contribution is -2.21. The van der Waals surface area contributed by atoms with Crippen molar-refractivity contribution in [3.05, 3.63) is 11.3 Å². The summed E-state index contributed by atoms with van der Waals surface area (Å²) in [4.78, 5) is 11.5. The quantitative estimate of drug-likeness (QED) is 0.840. The van der Waals surface area contributed by atoms with Crippen LogP contribution in [0.2, 0.25) is 0 Å². The van der Waals surface area contributed by atoms with Crippen LogP contribution in [0.4, 0.5) is 5.00 Å². The number of carbonyl (C=O) groups is 1. The minimum atomic E-state index is -2.91. The van der Waals surface area contributed by atoms with Crippen LogP contribution < -0.4 is 5.32 Å². The Labute approximate surface area is 104 Å². The fourth-order valence-corrected chi connectivity index (χ4v) is 4.57. The van der Waals surface area contributed by atoms with E-state index < -0.39 is 9.84 Å². The zero-order valence-electron chi connectivity index (χ0n) is 9.69. The van der Waals surface area contributed by atoms with Gasteiger partial charge in [0.1, 0.15) is 5.00 Å². The van der Waals surface area contributed by atoms with Gasteiger partial charge in [-0.2, -0.15) is 4.37 Å². The van der Waals surface area contributed by atoms with Crippen LogP contribution in [-0.4, -0.2) is 36.1 Å². The minimum Gasteiger partial charge on any atom is -0.371 e. The smallest absolute Gasteiger partial charge is 0.164 e. The van der Waals surface area contributed by atoms with Crippen molar-refractivity contribution in [3.63, 3.8) is 0 Å². The van der Waals surface area contributed by atoms with E-state index in [4.69, 9.17) is 0 Å². The predicted octanol–water partition coefficient (Wildman–Crippen LogP) is 1.25. The maximum Gasteiger partial charge on any atom is 0.164 e. The molecule has 5 nitrogen and oxygen atoms in total. The standard InChI is InChI=1S/C10H14N2O3S2/c1-6-9(7(2)13)10(16-12-6)11-8-3-4-17(14,15)5-8/h8,11H,3-5H2,1-2H3. The van der Waals surface area contributed by atoms with Crippen molar-refractivity contribution in [2.24, 2.45) is 0 Å². The van der Waals surface area contributed by atoms with Gasteiger partial charge in [0, 0.05) is 6.04 Å². The fourth-order valence-electron chi connectivity index (χ4n) is 1.98. The highest BCUT2D eigenvalue weighted by atomic mass is 32.2. The molecule has 0 amide bonds. The van der Waals surface area contributed by atoms with Crippen LogP contribution >= 0.6 is 11.5 Å². The van der Waals surface area contributed by atoms with Crippen molar-refractivity contribution in [3.8, 4) is 0 Å². The lowest BCUT2D eigenvalue weighted by atomic mass is 10.1. The summed E-state index contributed by atoms with van der Waals surface area (Å²) in [6.45, 7) is 3.27. The second-order valence-electron chi connectivity index (χ2n) is 4.27. The third kappa shape index (κ3) is 2.66. The normalized spacial score (nSPS) is 22.6. The molecule has 1 fully saturated rings. The largest absolute Gasteiger partial charge is 0.371 e. The van der Waals surface area contributed by atoms with Gasteiger partial charge in [-0.1, -0.05) is 0 Å². The molecule has 0 spiro atoms. The van der Waals surface area contributed by atoms with Gasteiger partial charge in [-0.3, -0.25) is 4.79 Å². The maximum atomic E-state index is 11.5. The third-order valence-corrected chi connectivity index (χ3v) is 5.42. The molecule has 1 unspecified atom stereocenters. The highest BCUT2D eigenvalue weighted by Gasteiger charge is 2.29. The molecular weight excluding hydrogens is 260 g/mol. The van der Waals surface area contributed by atoms with E-state index in [1.165, 1.54) is 18.5 Å². The van der Waals surface area contributed by atoms with Crippen LogP contribution in [0.3, 0.4) is 0 Å². The van der Waals surface area contributed by atoms with E-state index >= 15 is 0 Å². The Morgan fingerprint density at radius 1 is 1.53 bits per heavy atom. The fraction of sp³-hybridized carbons (Fsp3) is 0.600. The molecule has 1 atom stereocenters. The van der Waals surface area contributed by atoms with Gasteiger partial charge in [-0.25, -0.2) is 8.42 Å². The van der Waals surface area contributed by atoms with Gasteiger partial charge < -0.3 is 5.32 Å². The average Bonchev–Trinajstić information content (AvgIpc) is 2.71. The number of nitrogens with one attached hydrogen (secondary N) is 1. The highest BCUT2D eigenvalue weighted by molar-refractivity contribution is 7.91. The van der Waals surface area contributed by atoms with E-state index in [9.17, 15) is 13.2 Å². The number of sulfone groups is 1. The van der Waals surface area contributed by atoms with E-state index in [0.717, 1.165) is 0 Å². The molecule has 1 aromatic heterocycles. The Morgan fingerprint density at radius 2 is 2.24 bits per heavy atom. The van der Waals surface area contributed by atoms with Crippen LogP contribution in [0.15, 0.2) is 0 Å². The number of Topliss-reactive ketones (excluding diaryl/α,β-unsaturated/α-hetero) is 1. The Balaban J connectivity index is 2.18. The molecule has 0 aromatic carbocycles. The SMILES string of the molecule is CC(=O)c1c(C)nsc1NC1CCS(=O)(=O)C1. The van der Waals surface area contributed by atoms with Gasteiger partial charge in [0.25, 0.3) is 0 Å². The predicted molar refractivity (Wildman–Crippen MR) is 67.5 cm³/mol. The number of nitrogens with zero attached hydrogens (tertiary/aromatic N) is 1. The highest BCUT2D eigenvalue weighted by Crippen LogP contribution is 2.27. The number of carbonyl (C=O) groups excluding carboxylic acids is 1. The van der Waals surface area contributed by atoms with Crippen LogP contribution in [-0.2, 0) is 9.84 Å². The van der Waals surface area contributed by atoms with Gasteiger partial charge in [0.05, 0.1) is 22.8 Å². The van der Waals surface area contributed by atoms with Gasteiger partial charge in [0.15, 0.2) is 15.6 Å². The summed E-state index contributed by atoms with van der Waals surface area (Å²) >= 11 is 1.21. The molecule has 1 aromatic rings. The van der Waals surface area contributed by atoms with Crippen molar-refractivity contribution in [1.82, 2.24) is 4.37 Å². The molecule has 0 radical (unpaired) electrons. The maximum absolute atomic E-state index is 11.5. The molecule has 17 heavy (non-hydrogen) atoms. The Bertz CT molecular complexity index is 548. The van der Waals surface area contributed by atoms with Crippen molar-refractivity contribution in [2.45, 2.75) is 26.3 Å². The summed E-state index contributed by atoms with van der Waals surface area (Å²) in [7, 11) is -2.91. The first-order valence-electron chi connectivity index (χ1n) is 5.33. The number of ketones is 1. The second kappa shape index (κ2) is 4.38. The number of rotatable bonds is 3. The number of aryl methyl sites for hydroxylation is 1. The van der Waals surface area contributed by atoms with Crippen molar-refractivity contribution in [1.29, 1.82) is 0 Å². The molecule has 1 aliphatic heterocycles. The molecule has 0 aliphatic carbocycles. The summed E-state index contributed by atoms with van der Waals surface area (Å²) in [5, 5.41) is 3.82. The molecule has 2 rings (SSSR count). The number of hydrogen-bond acceptors (Lipinski definition) is 6. The Morgan fingerprint density at radius 3 is 2.76 bits per heavy atom. The van der Waals surface area contributed by atoms with E-state index in [2.05, 4.69) is 9.69 Å². The van der Waals surface area contributed by atoms with Gasteiger partial charge in [-0.15, -0.1) is 0 Å². The number of anilines is 1. The van der Waals surface area contributed by atoms with Crippen LogP contribution in [0.5, 0.6) is 0 Å². The number of aromatic nitrogens is 1. The van der Waals surface area contributed by atoms with Crippen molar-refractivity contribution in [2.75, 3.05) is 16.8 Å². The lowest BCUT2D eigenvalue weighted by molar-refractivity contribution is 0.101. The molecule has 2 heterocycles. The molecular formula is C10H14N2O3S2. The van der Waals surface area contributed by atoms with Gasteiger partial charge >= 0.3 is 0 Å². The number of hydrogen-bond donors (Lipinski definition) is 1. The van der Waals surface area contributed by atoms with Gasteiger partial charge in [-0.05, 0) is 31.8 Å². The first kappa shape index (κ1) is 12.5. The zero-order valence-corrected chi connectivity index (χ0v) is 11.3. The Kier molecular flexibility index (Phi) is 3.22. The van der Waals surface area contributed by atoms with Gasteiger partial charge in [0.2, 0.25) is 0 Å². The molecule has 1 saturated heterocycles. The van der Waals surface area contributed by atoms with E-state index in [-0.39, 0.29) is 23.3 Å². The molecule has 0 saturated carbocycles. The van der Waals surface area contributed by atoms with E-state index in [1.54, 1.807) is 6.92 Å². The summed E-state index contributed by atoms with van der Waals surface area (Å²) in [5.74, 6) is 0.318. The van der Waals surface area contributed by atoms with Crippen molar-refractivity contribution < 1.29 is 13.2 Å². The molecule has 1 N–H and O–H groups in total. The Hall–Kier alpha value is -0.950. The zero-order chi connectivity index (χ0) is 12.6. The first-order chi connectivity index (χ1) is 7.89. The van der Waals surface area contributed by atoms with E-state index in [1.807, 2.05) is 0 Å². The van der Waals surface area contributed by atoms with Crippen molar-refractivity contribution >= 4 is 32.2 Å². The summed E-state index contributed by atoms with van der Waals surface area (Å²) < 4.78 is 26.8. The molecule has 94 valence electrons. The molecule has 0 bridgehead atoms. The summed E-state index contributed by atoms with van der Waals surface area (Å²) in [5.41, 5.74) is 1.28. The van der Waals surface area contributed by atoms with Crippen LogP contribution in [0.1, 0.15) is 29.4 Å². The molecule has 1 aliphatic rings. The monoisotopic (exact) mass is 274 g/mol. The summed E-state index contributed by atoms with van der Waals surface area (Å²) in [6.07, 6.45) is 0.594.